The first-order valence-corrected chi connectivity index (χ1v) is 6.11. The maximum absolute atomic E-state index is 9.23. The number of nitriles is 1. The van der Waals surface area contributed by atoms with E-state index in [0.29, 0.717) is 12.5 Å². The monoisotopic (exact) mass is 223 g/mol. The van der Waals surface area contributed by atoms with Crippen molar-refractivity contribution in [3.63, 3.8) is 0 Å². The van der Waals surface area contributed by atoms with Gasteiger partial charge >= 0.3 is 0 Å². The maximum atomic E-state index is 9.23. The third-order valence-electron chi connectivity index (χ3n) is 3.49. The number of nitrogens with two attached hydrogens (primary N) is 1. The van der Waals surface area contributed by atoms with Crippen LogP contribution in [0.5, 0.6) is 0 Å². The molecule has 90 valence electrons. The van der Waals surface area contributed by atoms with Crippen LogP contribution in [0, 0.1) is 17.2 Å². The van der Waals surface area contributed by atoms with Crippen LogP contribution in [0.3, 0.4) is 0 Å². The number of nitrogens with zero attached hydrogens (tertiary/aromatic N) is 2. The summed E-state index contributed by atoms with van der Waals surface area (Å²) in [4.78, 5) is 2.28. The molecule has 1 saturated heterocycles. The zero-order valence-electron chi connectivity index (χ0n) is 10.1. The molecule has 0 aromatic carbocycles. The van der Waals surface area contributed by atoms with E-state index < -0.39 is 5.54 Å². The molecule has 4 heteroatoms. The van der Waals surface area contributed by atoms with Crippen LogP contribution >= 0.6 is 0 Å². The summed E-state index contributed by atoms with van der Waals surface area (Å²) in [6, 6.07) is 2.31. The van der Waals surface area contributed by atoms with Gasteiger partial charge in [-0.15, -0.1) is 0 Å². The van der Waals surface area contributed by atoms with Gasteiger partial charge in [0, 0.05) is 19.6 Å². The maximum Gasteiger partial charge on any atom is 0.119 e. The fourth-order valence-corrected chi connectivity index (χ4v) is 2.64. The normalized spacial score (nSPS) is 35.4. The molecule has 0 amide bonds. The van der Waals surface area contributed by atoms with Crippen molar-refractivity contribution in [2.45, 2.75) is 44.4 Å². The van der Waals surface area contributed by atoms with Crippen LogP contribution in [0.2, 0.25) is 0 Å². The topological polar surface area (TPSA) is 62.3 Å². The molecule has 0 aromatic heterocycles. The summed E-state index contributed by atoms with van der Waals surface area (Å²) in [5, 5.41) is 9.23. The number of morpholine rings is 1. The smallest absolute Gasteiger partial charge is 0.119 e. The number of hydrogen-bond acceptors (Lipinski definition) is 4. The van der Waals surface area contributed by atoms with E-state index in [1.807, 2.05) is 0 Å². The van der Waals surface area contributed by atoms with Crippen molar-refractivity contribution < 1.29 is 4.74 Å². The largest absolute Gasteiger partial charge is 0.373 e. The highest BCUT2D eigenvalue weighted by Crippen LogP contribution is 2.38. The fourth-order valence-electron chi connectivity index (χ4n) is 2.64. The Morgan fingerprint density at radius 1 is 1.38 bits per heavy atom. The van der Waals surface area contributed by atoms with Crippen LogP contribution < -0.4 is 5.73 Å². The summed E-state index contributed by atoms with van der Waals surface area (Å²) < 4.78 is 5.68. The minimum absolute atomic E-state index is 0.242. The van der Waals surface area contributed by atoms with E-state index in [1.165, 1.54) is 0 Å². The summed E-state index contributed by atoms with van der Waals surface area (Å²) in [6.07, 6.45) is 2.70. The second-order valence-corrected chi connectivity index (χ2v) is 5.38. The zero-order valence-corrected chi connectivity index (χ0v) is 10.1. The zero-order chi connectivity index (χ0) is 11.8. The molecule has 1 aliphatic heterocycles. The van der Waals surface area contributed by atoms with Crippen LogP contribution in [-0.2, 0) is 4.74 Å². The van der Waals surface area contributed by atoms with Crippen molar-refractivity contribution in [2.75, 3.05) is 19.6 Å². The molecule has 3 unspecified atom stereocenters. The van der Waals surface area contributed by atoms with E-state index in [4.69, 9.17) is 10.5 Å². The first-order chi connectivity index (χ1) is 7.53. The summed E-state index contributed by atoms with van der Waals surface area (Å²) in [7, 11) is 0. The summed E-state index contributed by atoms with van der Waals surface area (Å²) >= 11 is 0. The molecule has 1 saturated carbocycles. The van der Waals surface area contributed by atoms with E-state index in [0.717, 1.165) is 25.9 Å². The molecule has 3 atom stereocenters. The van der Waals surface area contributed by atoms with Gasteiger partial charge in [0.2, 0.25) is 0 Å². The Morgan fingerprint density at radius 3 is 2.38 bits per heavy atom. The second kappa shape index (κ2) is 4.33. The van der Waals surface area contributed by atoms with Crippen molar-refractivity contribution in [2.24, 2.45) is 11.7 Å². The molecule has 2 aliphatic rings. The van der Waals surface area contributed by atoms with Gasteiger partial charge in [0.1, 0.15) is 5.54 Å². The average molecular weight is 223 g/mol. The summed E-state index contributed by atoms with van der Waals surface area (Å²) in [5.41, 5.74) is 5.54. The first kappa shape index (κ1) is 11.8. The lowest BCUT2D eigenvalue weighted by atomic mass is 9.95. The lowest BCUT2D eigenvalue weighted by Crippen LogP contribution is -2.56. The van der Waals surface area contributed by atoms with E-state index in [-0.39, 0.29) is 12.2 Å². The van der Waals surface area contributed by atoms with Gasteiger partial charge in [0.15, 0.2) is 0 Å². The van der Waals surface area contributed by atoms with Crippen molar-refractivity contribution in [1.82, 2.24) is 4.90 Å². The Bertz CT molecular complexity index is 287. The lowest BCUT2D eigenvalue weighted by Gasteiger charge is -2.38. The Balaban J connectivity index is 1.95. The summed E-state index contributed by atoms with van der Waals surface area (Å²) in [5.74, 6) is 0.408. The lowest BCUT2D eigenvalue weighted by molar-refractivity contribution is -0.0715. The Morgan fingerprint density at radius 2 is 1.94 bits per heavy atom. The molecule has 0 bridgehead atoms. The second-order valence-electron chi connectivity index (χ2n) is 5.38. The molecule has 2 fully saturated rings. The van der Waals surface area contributed by atoms with Crippen LogP contribution in [0.4, 0.5) is 0 Å². The van der Waals surface area contributed by atoms with Gasteiger partial charge in [0.25, 0.3) is 0 Å². The minimum Gasteiger partial charge on any atom is -0.373 e. The third kappa shape index (κ3) is 2.54. The molecule has 0 radical (unpaired) electrons. The average Bonchev–Trinajstić information content (AvgIpc) is 2.98. The van der Waals surface area contributed by atoms with Crippen molar-refractivity contribution in [3.05, 3.63) is 0 Å². The first-order valence-electron chi connectivity index (χ1n) is 6.11. The highest BCUT2D eigenvalue weighted by molar-refractivity contribution is 5.15. The fraction of sp³-hybridized carbons (Fsp3) is 0.917. The number of hydrogen-bond donors (Lipinski definition) is 1. The van der Waals surface area contributed by atoms with Crippen LogP contribution in [0.15, 0.2) is 0 Å². The van der Waals surface area contributed by atoms with E-state index >= 15 is 0 Å². The van der Waals surface area contributed by atoms with Gasteiger partial charge in [0.05, 0.1) is 18.3 Å². The molecule has 16 heavy (non-hydrogen) atoms. The Kier molecular flexibility index (Phi) is 3.20. The Hall–Kier alpha value is -0.630. The molecular formula is C12H21N3O. The van der Waals surface area contributed by atoms with E-state index in [2.05, 4.69) is 24.8 Å². The molecule has 4 nitrogen and oxygen atoms in total. The molecular weight excluding hydrogens is 202 g/mol. The Labute approximate surface area is 97.3 Å². The third-order valence-corrected chi connectivity index (χ3v) is 3.49. The standard InChI is InChI=1S/C12H21N3O/c1-9-5-15(6-10(2)16-9)8-12(14,7-13)11-3-4-11/h9-11H,3-6,8,14H2,1-2H3. The molecule has 1 aliphatic carbocycles. The van der Waals surface area contributed by atoms with E-state index in [9.17, 15) is 5.26 Å². The van der Waals surface area contributed by atoms with Crippen molar-refractivity contribution >= 4 is 0 Å². The highest BCUT2D eigenvalue weighted by atomic mass is 16.5. The summed E-state index contributed by atoms with van der Waals surface area (Å²) in [6.45, 7) is 6.61. The number of ether oxygens (including phenoxy) is 1. The van der Waals surface area contributed by atoms with Crippen molar-refractivity contribution in [3.8, 4) is 6.07 Å². The number of rotatable bonds is 3. The highest BCUT2D eigenvalue weighted by Gasteiger charge is 2.44. The molecule has 0 aromatic rings. The van der Waals surface area contributed by atoms with Gasteiger partial charge in [-0.2, -0.15) is 5.26 Å². The van der Waals surface area contributed by atoms with Crippen LogP contribution in [-0.4, -0.2) is 42.3 Å². The van der Waals surface area contributed by atoms with Crippen molar-refractivity contribution in [1.29, 1.82) is 5.26 Å². The molecule has 1 heterocycles. The predicted octanol–water partition coefficient (Wildman–Crippen LogP) is 0.727. The van der Waals surface area contributed by atoms with Crippen LogP contribution in [0.1, 0.15) is 26.7 Å². The molecule has 2 rings (SSSR count). The van der Waals surface area contributed by atoms with Gasteiger partial charge in [-0.05, 0) is 32.6 Å². The molecule has 2 N–H and O–H groups in total. The molecule has 0 spiro atoms. The van der Waals surface area contributed by atoms with E-state index in [1.54, 1.807) is 0 Å². The predicted molar refractivity (Wildman–Crippen MR) is 61.7 cm³/mol. The van der Waals surface area contributed by atoms with Gasteiger partial charge in [-0.1, -0.05) is 0 Å². The van der Waals surface area contributed by atoms with Gasteiger partial charge < -0.3 is 10.5 Å². The van der Waals surface area contributed by atoms with Gasteiger partial charge in [-0.3, -0.25) is 4.90 Å². The quantitative estimate of drug-likeness (QED) is 0.766. The SMILES string of the molecule is CC1CN(CC(N)(C#N)C2CC2)CC(C)O1. The van der Waals surface area contributed by atoms with Gasteiger partial charge in [-0.25, -0.2) is 0 Å². The minimum atomic E-state index is -0.642. The van der Waals surface area contributed by atoms with Crippen LogP contribution in [0.25, 0.3) is 0 Å².